The van der Waals surface area contributed by atoms with E-state index in [4.69, 9.17) is 0 Å². The first-order valence-corrected chi connectivity index (χ1v) is 9.63. The van der Waals surface area contributed by atoms with Crippen molar-refractivity contribution in [3.05, 3.63) is 22.8 Å². The molecule has 0 saturated carbocycles. The van der Waals surface area contributed by atoms with Crippen molar-refractivity contribution in [2.45, 2.75) is 85.6 Å². The Kier molecular flexibility index (Phi) is 6.74. The fourth-order valence-electron chi connectivity index (χ4n) is 4.10. The lowest BCUT2D eigenvalue weighted by Gasteiger charge is -2.39. The van der Waals surface area contributed by atoms with Crippen molar-refractivity contribution in [2.75, 3.05) is 13.1 Å². The monoisotopic (exact) mass is 303 g/mol. The van der Waals surface area contributed by atoms with Crippen LogP contribution in [0.2, 0.25) is 0 Å². The Bertz CT molecular complexity index is 416. The lowest BCUT2D eigenvalue weighted by molar-refractivity contribution is 0.0960. The topological polar surface area (TPSA) is 3.24 Å². The van der Waals surface area contributed by atoms with Gasteiger partial charge in [-0.15, -0.1) is 0 Å². The normalized spacial score (nSPS) is 27.5. The van der Waals surface area contributed by atoms with E-state index < -0.39 is 0 Å². The molecule has 22 heavy (non-hydrogen) atoms. The molecule has 0 aromatic heterocycles. The average Bonchev–Trinajstić information content (AvgIpc) is 2.49. The van der Waals surface area contributed by atoms with E-state index in [0.29, 0.717) is 6.04 Å². The highest BCUT2D eigenvalue weighted by atomic mass is 15.2. The van der Waals surface area contributed by atoms with Crippen molar-refractivity contribution in [3.63, 3.8) is 0 Å². The van der Waals surface area contributed by atoms with Gasteiger partial charge in [-0.2, -0.15) is 0 Å². The summed E-state index contributed by atoms with van der Waals surface area (Å²) in [5.74, 6) is 1.81. The van der Waals surface area contributed by atoms with Crippen LogP contribution in [-0.4, -0.2) is 24.0 Å². The molecule has 2 aliphatic rings. The van der Waals surface area contributed by atoms with Gasteiger partial charge in [0.15, 0.2) is 0 Å². The Morgan fingerprint density at radius 3 is 2.68 bits per heavy atom. The predicted octanol–water partition coefficient (Wildman–Crippen LogP) is 5.97. The van der Waals surface area contributed by atoms with Crippen LogP contribution in [0.1, 0.15) is 79.6 Å². The zero-order valence-corrected chi connectivity index (χ0v) is 15.6. The van der Waals surface area contributed by atoms with Crippen LogP contribution in [0.3, 0.4) is 0 Å². The summed E-state index contributed by atoms with van der Waals surface area (Å²) < 4.78 is 0. The van der Waals surface area contributed by atoms with Gasteiger partial charge in [0.2, 0.25) is 0 Å². The smallest absolute Gasteiger partial charge is 0.00387 e. The van der Waals surface area contributed by atoms with E-state index in [2.05, 4.69) is 45.6 Å². The Morgan fingerprint density at radius 1 is 1.23 bits per heavy atom. The SMILES string of the molecule is CCCC1=C(C)CCC(CCC2CN(C(C)C)CCC2C)=C1. The molecule has 0 bridgehead atoms. The van der Waals surface area contributed by atoms with E-state index in [1.54, 1.807) is 16.7 Å². The van der Waals surface area contributed by atoms with Crippen molar-refractivity contribution >= 4 is 0 Å². The van der Waals surface area contributed by atoms with Crippen LogP contribution >= 0.6 is 0 Å². The molecular formula is C21H37N. The molecule has 0 aromatic carbocycles. The molecule has 1 aliphatic carbocycles. The Hall–Kier alpha value is -0.560. The second kappa shape index (κ2) is 8.34. The maximum Gasteiger partial charge on any atom is 0.00387 e. The first kappa shape index (κ1) is 17.8. The van der Waals surface area contributed by atoms with Crippen LogP contribution < -0.4 is 0 Å². The van der Waals surface area contributed by atoms with Gasteiger partial charge >= 0.3 is 0 Å². The van der Waals surface area contributed by atoms with Gasteiger partial charge in [-0.05, 0) is 83.2 Å². The predicted molar refractivity (Wildman–Crippen MR) is 98.1 cm³/mol. The zero-order chi connectivity index (χ0) is 16.1. The third-order valence-electron chi connectivity index (χ3n) is 5.98. The number of hydrogen-bond donors (Lipinski definition) is 0. The van der Waals surface area contributed by atoms with E-state index in [1.165, 1.54) is 58.0 Å². The molecule has 0 amide bonds. The van der Waals surface area contributed by atoms with Gasteiger partial charge in [-0.1, -0.05) is 37.5 Å². The van der Waals surface area contributed by atoms with Crippen LogP contribution in [0.25, 0.3) is 0 Å². The van der Waals surface area contributed by atoms with Crippen molar-refractivity contribution in [2.24, 2.45) is 11.8 Å². The molecule has 1 nitrogen and oxygen atoms in total. The minimum Gasteiger partial charge on any atom is -0.301 e. The molecule has 1 saturated heterocycles. The first-order chi connectivity index (χ1) is 10.5. The second-order valence-electron chi connectivity index (χ2n) is 8.01. The lowest BCUT2D eigenvalue weighted by Crippen LogP contribution is -2.43. The summed E-state index contributed by atoms with van der Waals surface area (Å²) in [6.07, 6.45) is 11.8. The number of rotatable bonds is 6. The van der Waals surface area contributed by atoms with Gasteiger partial charge in [0.1, 0.15) is 0 Å². The Morgan fingerprint density at radius 2 is 2.00 bits per heavy atom. The summed E-state index contributed by atoms with van der Waals surface area (Å²) in [5.41, 5.74) is 5.01. The van der Waals surface area contributed by atoms with Gasteiger partial charge in [0.05, 0.1) is 0 Å². The van der Waals surface area contributed by atoms with Crippen LogP contribution in [0.15, 0.2) is 22.8 Å². The van der Waals surface area contributed by atoms with Gasteiger partial charge < -0.3 is 4.90 Å². The van der Waals surface area contributed by atoms with E-state index in [-0.39, 0.29) is 0 Å². The molecule has 0 N–H and O–H groups in total. The average molecular weight is 304 g/mol. The molecule has 0 spiro atoms. The third-order valence-corrected chi connectivity index (χ3v) is 5.98. The summed E-state index contributed by atoms with van der Waals surface area (Å²) in [6.45, 7) is 14.4. The van der Waals surface area contributed by atoms with Crippen molar-refractivity contribution in [1.29, 1.82) is 0 Å². The van der Waals surface area contributed by atoms with Crippen LogP contribution in [0.5, 0.6) is 0 Å². The number of piperidine rings is 1. The fraction of sp³-hybridized carbons (Fsp3) is 0.810. The fourth-order valence-corrected chi connectivity index (χ4v) is 4.10. The van der Waals surface area contributed by atoms with Crippen molar-refractivity contribution in [3.8, 4) is 0 Å². The van der Waals surface area contributed by atoms with Crippen LogP contribution in [-0.2, 0) is 0 Å². The molecule has 1 heteroatoms. The van der Waals surface area contributed by atoms with Gasteiger partial charge in [-0.3, -0.25) is 0 Å². The highest BCUT2D eigenvalue weighted by Gasteiger charge is 2.27. The van der Waals surface area contributed by atoms with Crippen LogP contribution in [0, 0.1) is 11.8 Å². The van der Waals surface area contributed by atoms with E-state index >= 15 is 0 Å². The zero-order valence-electron chi connectivity index (χ0n) is 15.6. The van der Waals surface area contributed by atoms with Crippen LogP contribution in [0.4, 0.5) is 0 Å². The third kappa shape index (κ3) is 4.72. The van der Waals surface area contributed by atoms with E-state index in [9.17, 15) is 0 Å². The van der Waals surface area contributed by atoms with Gasteiger partial charge in [0.25, 0.3) is 0 Å². The quantitative estimate of drug-likeness (QED) is 0.584. The standard InChI is InChI=1S/C21H37N/c1-6-7-20-14-19(9-8-17(20)4)10-11-21-15-22(16(2)3)13-12-18(21)5/h14,16,18,21H,6-13,15H2,1-5H3. The molecule has 1 fully saturated rings. The minimum absolute atomic E-state index is 0.714. The molecule has 2 rings (SSSR count). The van der Waals surface area contributed by atoms with Crippen molar-refractivity contribution < 1.29 is 0 Å². The van der Waals surface area contributed by atoms with Gasteiger partial charge in [0, 0.05) is 12.6 Å². The highest BCUT2D eigenvalue weighted by Crippen LogP contribution is 2.33. The summed E-state index contributed by atoms with van der Waals surface area (Å²) in [7, 11) is 0. The minimum atomic E-state index is 0.714. The molecule has 126 valence electrons. The molecule has 1 heterocycles. The molecule has 2 unspecified atom stereocenters. The molecule has 0 aromatic rings. The van der Waals surface area contributed by atoms with Crippen molar-refractivity contribution in [1.82, 2.24) is 4.90 Å². The Labute approximate surface area is 138 Å². The largest absolute Gasteiger partial charge is 0.301 e. The maximum atomic E-state index is 2.69. The summed E-state index contributed by atoms with van der Waals surface area (Å²) >= 11 is 0. The first-order valence-electron chi connectivity index (χ1n) is 9.63. The number of likely N-dealkylation sites (tertiary alicyclic amines) is 1. The molecule has 1 aliphatic heterocycles. The summed E-state index contributed by atoms with van der Waals surface area (Å²) in [6, 6.07) is 0.714. The molecular weight excluding hydrogens is 266 g/mol. The summed E-state index contributed by atoms with van der Waals surface area (Å²) in [5, 5.41) is 0. The van der Waals surface area contributed by atoms with Gasteiger partial charge in [-0.25, -0.2) is 0 Å². The number of allylic oxidation sites excluding steroid dienone is 4. The molecule has 2 atom stereocenters. The second-order valence-corrected chi connectivity index (χ2v) is 8.01. The van der Waals surface area contributed by atoms with E-state index in [0.717, 1.165) is 11.8 Å². The Balaban J connectivity index is 1.90. The van der Waals surface area contributed by atoms with E-state index in [1.807, 2.05) is 0 Å². The number of hydrogen-bond acceptors (Lipinski definition) is 1. The molecule has 0 radical (unpaired) electrons. The number of nitrogens with zero attached hydrogens (tertiary/aromatic N) is 1. The summed E-state index contributed by atoms with van der Waals surface area (Å²) in [4.78, 5) is 2.69. The maximum absolute atomic E-state index is 2.69. The lowest BCUT2D eigenvalue weighted by atomic mass is 9.81. The highest BCUT2D eigenvalue weighted by molar-refractivity contribution is 5.32.